The Balaban J connectivity index is 1.37. The minimum Gasteiger partial charge on any atom is -0.384 e. The molecule has 0 aliphatic carbocycles. The van der Waals surface area contributed by atoms with E-state index in [1.165, 1.54) is 0 Å². The molecule has 2 bridgehead atoms. The second-order valence-corrected chi connectivity index (χ2v) is 7.11. The van der Waals surface area contributed by atoms with E-state index in [1.807, 2.05) is 15.5 Å². The number of hydrogen-bond acceptors (Lipinski definition) is 6. The zero-order valence-electron chi connectivity index (χ0n) is 15.3. The molecule has 0 spiro atoms. The molecule has 2 amide bonds. The first-order valence-electron chi connectivity index (χ1n) is 9.17. The van der Waals surface area contributed by atoms with E-state index in [4.69, 9.17) is 9.26 Å². The summed E-state index contributed by atoms with van der Waals surface area (Å²) in [5.74, 6) is 1.44. The SMILES string of the molecule is COCCc1nc(CNC(=O)N2C[C@@H]3C[C@H](C2)c2cccc(=O)n2C3)no1. The molecular formula is C18H23N5O4. The second kappa shape index (κ2) is 7.51. The minimum absolute atomic E-state index is 0.0430. The van der Waals surface area contributed by atoms with Crippen molar-refractivity contribution in [2.45, 2.75) is 31.8 Å². The molecule has 1 saturated heterocycles. The van der Waals surface area contributed by atoms with Crippen molar-refractivity contribution in [3.05, 3.63) is 46.0 Å². The summed E-state index contributed by atoms with van der Waals surface area (Å²) in [4.78, 5) is 30.7. The van der Waals surface area contributed by atoms with Gasteiger partial charge in [-0.2, -0.15) is 4.98 Å². The van der Waals surface area contributed by atoms with E-state index in [1.54, 1.807) is 19.2 Å². The zero-order valence-corrected chi connectivity index (χ0v) is 15.3. The molecule has 0 unspecified atom stereocenters. The van der Waals surface area contributed by atoms with Gasteiger partial charge in [0.15, 0.2) is 5.82 Å². The molecule has 9 nitrogen and oxygen atoms in total. The number of methoxy groups -OCH3 is 1. The summed E-state index contributed by atoms with van der Waals surface area (Å²) in [7, 11) is 1.61. The van der Waals surface area contributed by atoms with Gasteiger partial charge in [0.1, 0.15) is 0 Å². The van der Waals surface area contributed by atoms with Crippen molar-refractivity contribution in [3.63, 3.8) is 0 Å². The normalized spacial score (nSPS) is 21.0. The van der Waals surface area contributed by atoms with Gasteiger partial charge in [0.25, 0.3) is 5.56 Å². The maximum atomic E-state index is 12.6. The lowest BCUT2D eigenvalue weighted by molar-refractivity contribution is 0.130. The molecule has 0 radical (unpaired) electrons. The highest BCUT2D eigenvalue weighted by atomic mass is 16.5. The first kappa shape index (κ1) is 17.7. The van der Waals surface area contributed by atoms with Crippen LogP contribution in [0.5, 0.6) is 0 Å². The number of hydrogen-bond donors (Lipinski definition) is 1. The summed E-state index contributed by atoms with van der Waals surface area (Å²) in [5.41, 5.74) is 1.07. The molecule has 2 aromatic heterocycles. The van der Waals surface area contributed by atoms with Gasteiger partial charge in [-0.15, -0.1) is 0 Å². The van der Waals surface area contributed by atoms with Crippen LogP contribution in [-0.4, -0.2) is 52.4 Å². The maximum absolute atomic E-state index is 12.6. The molecule has 9 heteroatoms. The number of carbonyl (C=O) groups excluding carboxylic acids is 1. The van der Waals surface area contributed by atoms with Crippen LogP contribution in [0.25, 0.3) is 0 Å². The lowest BCUT2D eigenvalue weighted by Crippen LogP contribution is -2.51. The molecule has 2 aliphatic heterocycles. The summed E-state index contributed by atoms with van der Waals surface area (Å²) in [6, 6.07) is 5.25. The highest BCUT2D eigenvalue weighted by Crippen LogP contribution is 2.34. The van der Waals surface area contributed by atoms with Crippen LogP contribution in [-0.2, 0) is 24.2 Å². The van der Waals surface area contributed by atoms with E-state index >= 15 is 0 Å². The van der Waals surface area contributed by atoms with Gasteiger partial charge in [-0.1, -0.05) is 11.2 Å². The van der Waals surface area contributed by atoms with Gasteiger partial charge in [0, 0.05) is 44.4 Å². The molecule has 2 aliphatic rings. The highest BCUT2D eigenvalue weighted by molar-refractivity contribution is 5.74. The van der Waals surface area contributed by atoms with E-state index in [0.29, 0.717) is 50.3 Å². The molecule has 0 aromatic carbocycles. The Labute approximate surface area is 156 Å². The Kier molecular flexibility index (Phi) is 4.93. The fraction of sp³-hybridized carbons (Fsp3) is 0.556. The number of fused-ring (bicyclic) bond motifs is 4. The average Bonchev–Trinajstić information content (AvgIpc) is 3.13. The topological polar surface area (TPSA) is 102 Å². The Bertz CT molecular complexity index is 877. The number of nitrogens with one attached hydrogen (secondary N) is 1. The number of urea groups is 1. The van der Waals surface area contributed by atoms with E-state index in [2.05, 4.69) is 15.5 Å². The van der Waals surface area contributed by atoms with Crippen molar-refractivity contribution in [1.29, 1.82) is 0 Å². The molecule has 1 N–H and O–H groups in total. The molecule has 1 fully saturated rings. The molecule has 4 heterocycles. The summed E-state index contributed by atoms with van der Waals surface area (Å²) in [5, 5.41) is 6.73. The average molecular weight is 373 g/mol. The van der Waals surface area contributed by atoms with Crippen molar-refractivity contribution >= 4 is 6.03 Å². The number of rotatable bonds is 5. The Hall–Kier alpha value is -2.68. The number of aromatic nitrogens is 3. The third-order valence-electron chi connectivity index (χ3n) is 5.19. The third kappa shape index (κ3) is 3.73. The van der Waals surface area contributed by atoms with Gasteiger partial charge >= 0.3 is 6.03 Å². The van der Waals surface area contributed by atoms with Gasteiger partial charge < -0.3 is 24.0 Å². The predicted molar refractivity (Wildman–Crippen MR) is 95.2 cm³/mol. The Morgan fingerprint density at radius 1 is 1.37 bits per heavy atom. The van der Waals surface area contributed by atoms with Gasteiger partial charge in [0.2, 0.25) is 5.89 Å². The fourth-order valence-corrected chi connectivity index (χ4v) is 3.98. The van der Waals surface area contributed by atoms with Gasteiger partial charge in [-0.25, -0.2) is 4.79 Å². The van der Waals surface area contributed by atoms with Crippen LogP contribution in [0.1, 0.15) is 29.7 Å². The van der Waals surface area contributed by atoms with Crippen LogP contribution in [0.4, 0.5) is 4.79 Å². The van der Waals surface area contributed by atoms with Crippen molar-refractivity contribution in [2.75, 3.05) is 26.8 Å². The van der Waals surface area contributed by atoms with Crippen molar-refractivity contribution in [3.8, 4) is 0 Å². The van der Waals surface area contributed by atoms with Crippen LogP contribution in [0.15, 0.2) is 27.5 Å². The van der Waals surface area contributed by atoms with E-state index in [0.717, 1.165) is 12.1 Å². The second-order valence-electron chi connectivity index (χ2n) is 7.11. The number of ether oxygens (including phenoxy) is 1. The molecule has 4 rings (SSSR count). The number of pyridine rings is 1. The molecule has 2 atom stereocenters. The molecule has 0 saturated carbocycles. The van der Waals surface area contributed by atoms with Crippen LogP contribution >= 0.6 is 0 Å². The zero-order chi connectivity index (χ0) is 18.8. The first-order chi connectivity index (χ1) is 13.1. The van der Waals surface area contributed by atoms with Gasteiger partial charge in [-0.3, -0.25) is 4.79 Å². The van der Waals surface area contributed by atoms with E-state index in [9.17, 15) is 9.59 Å². The highest BCUT2D eigenvalue weighted by Gasteiger charge is 2.36. The van der Waals surface area contributed by atoms with Crippen LogP contribution in [0.3, 0.4) is 0 Å². The number of piperidine rings is 1. The number of carbonyl (C=O) groups is 1. The lowest BCUT2D eigenvalue weighted by atomic mass is 9.83. The smallest absolute Gasteiger partial charge is 0.317 e. The van der Waals surface area contributed by atoms with Crippen LogP contribution in [0, 0.1) is 5.92 Å². The first-order valence-corrected chi connectivity index (χ1v) is 9.17. The molecule has 144 valence electrons. The van der Waals surface area contributed by atoms with Gasteiger partial charge in [-0.05, 0) is 18.4 Å². The minimum atomic E-state index is -0.139. The number of nitrogens with zero attached hydrogens (tertiary/aromatic N) is 4. The Morgan fingerprint density at radius 2 is 2.26 bits per heavy atom. The van der Waals surface area contributed by atoms with E-state index in [-0.39, 0.29) is 24.1 Å². The van der Waals surface area contributed by atoms with Gasteiger partial charge in [0.05, 0.1) is 19.6 Å². The number of likely N-dealkylation sites (tertiary alicyclic amines) is 1. The lowest BCUT2D eigenvalue weighted by Gasteiger charge is -2.42. The number of amides is 2. The quantitative estimate of drug-likeness (QED) is 0.830. The predicted octanol–water partition coefficient (Wildman–Crippen LogP) is 0.749. The van der Waals surface area contributed by atoms with Crippen molar-refractivity contribution in [2.24, 2.45) is 5.92 Å². The fourth-order valence-electron chi connectivity index (χ4n) is 3.98. The largest absolute Gasteiger partial charge is 0.384 e. The monoisotopic (exact) mass is 373 g/mol. The summed E-state index contributed by atoms with van der Waals surface area (Å²) in [6.45, 7) is 2.65. The summed E-state index contributed by atoms with van der Waals surface area (Å²) >= 11 is 0. The standard InChI is InChI=1S/C18H23N5O4/c1-26-6-5-16-20-15(21-27-16)8-19-18(25)22-9-12-7-13(11-22)14-3-2-4-17(24)23(14)10-12/h2-4,12-13H,5-11H2,1H3,(H,19,25)/t12-,13+/m0/s1. The maximum Gasteiger partial charge on any atom is 0.317 e. The Morgan fingerprint density at radius 3 is 3.11 bits per heavy atom. The third-order valence-corrected chi connectivity index (χ3v) is 5.19. The summed E-state index contributed by atoms with van der Waals surface area (Å²) < 4.78 is 11.9. The molecule has 2 aromatic rings. The molecular weight excluding hydrogens is 350 g/mol. The van der Waals surface area contributed by atoms with E-state index < -0.39 is 0 Å². The van der Waals surface area contributed by atoms with Crippen LogP contribution in [0.2, 0.25) is 0 Å². The molecule has 27 heavy (non-hydrogen) atoms. The van der Waals surface area contributed by atoms with Crippen LogP contribution < -0.4 is 10.9 Å². The van der Waals surface area contributed by atoms with Crippen molar-refractivity contribution < 1.29 is 14.1 Å². The van der Waals surface area contributed by atoms with Crippen molar-refractivity contribution in [1.82, 2.24) is 24.9 Å². The summed E-state index contributed by atoms with van der Waals surface area (Å²) in [6.07, 6.45) is 1.56.